The highest BCUT2D eigenvalue weighted by atomic mass is 15.1. The molecule has 0 bridgehead atoms. The number of aryl methyl sites for hydroxylation is 2. The molecule has 0 saturated heterocycles. The first-order valence-electron chi connectivity index (χ1n) is 3.90. The van der Waals surface area contributed by atoms with Crippen LogP contribution in [0.5, 0.6) is 0 Å². The van der Waals surface area contributed by atoms with Gasteiger partial charge in [0.15, 0.2) is 0 Å². The topological polar surface area (TPSA) is 43.3 Å². The second kappa shape index (κ2) is 2.24. The monoisotopic (exact) mass is 161 g/mol. The van der Waals surface area contributed by atoms with Crippen LogP contribution >= 0.6 is 0 Å². The number of hydrogen-bond acceptors (Lipinski definition) is 2. The summed E-state index contributed by atoms with van der Waals surface area (Å²) in [5.74, 6) is 0.561. The van der Waals surface area contributed by atoms with Crippen molar-refractivity contribution in [3.05, 3.63) is 29.6 Å². The Labute approximate surface area is 70.8 Å². The lowest BCUT2D eigenvalue weighted by molar-refractivity contribution is 1.16. The molecule has 0 aliphatic carbocycles. The highest BCUT2D eigenvalue weighted by molar-refractivity contribution is 5.61. The zero-order valence-corrected chi connectivity index (χ0v) is 7.20. The zero-order chi connectivity index (χ0) is 8.72. The van der Waals surface area contributed by atoms with Crippen molar-refractivity contribution in [3.63, 3.8) is 0 Å². The Morgan fingerprint density at radius 3 is 2.83 bits per heavy atom. The molecule has 2 heterocycles. The van der Waals surface area contributed by atoms with Gasteiger partial charge in [0, 0.05) is 6.20 Å². The quantitative estimate of drug-likeness (QED) is 0.636. The molecule has 0 aromatic carbocycles. The third-order valence-electron chi connectivity index (χ3n) is 2.07. The average Bonchev–Trinajstić information content (AvgIpc) is 2.29. The van der Waals surface area contributed by atoms with Crippen molar-refractivity contribution < 1.29 is 0 Å². The van der Waals surface area contributed by atoms with Gasteiger partial charge in [-0.15, -0.1) is 0 Å². The third kappa shape index (κ3) is 0.794. The van der Waals surface area contributed by atoms with E-state index in [0.29, 0.717) is 5.95 Å². The molecule has 0 aliphatic heterocycles. The van der Waals surface area contributed by atoms with Gasteiger partial charge in [0.05, 0.1) is 11.2 Å². The summed E-state index contributed by atoms with van der Waals surface area (Å²) in [7, 11) is 0. The van der Waals surface area contributed by atoms with E-state index in [2.05, 4.69) is 18.0 Å². The van der Waals surface area contributed by atoms with Gasteiger partial charge >= 0.3 is 0 Å². The van der Waals surface area contributed by atoms with E-state index < -0.39 is 0 Å². The number of rotatable bonds is 0. The van der Waals surface area contributed by atoms with Gasteiger partial charge < -0.3 is 5.73 Å². The standard InChI is InChI=1S/C9H11N3/c1-6-4-3-5-12-8(6)7(2)11-9(12)10/h3-5H,1-2H3,(H2,10,11). The fourth-order valence-corrected chi connectivity index (χ4v) is 1.55. The Bertz CT molecular complexity index is 429. The second-order valence-corrected chi connectivity index (χ2v) is 2.97. The maximum Gasteiger partial charge on any atom is 0.205 e. The number of imidazole rings is 1. The van der Waals surface area contributed by atoms with Crippen LogP contribution in [-0.2, 0) is 0 Å². The van der Waals surface area contributed by atoms with Crippen molar-refractivity contribution in [2.24, 2.45) is 0 Å². The highest BCUT2D eigenvalue weighted by Crippen LogP contribution is 2.16. The van der Waals surface area contributed by atoms with Crippen LogP contribution in [0.3, 0.4) is 0 Å². The summed E-state index contributed by atoms with van der Waals surface area (Å²) in [6, 6.07) is 4.03. The molecule has 0 fully saturated rings. The molecule has 0 unspecified atom stereocenters. The first kappa shape index (κ1) is 7.16. The molecule has 12 heavy (non-hydrogen) atoms. The first-order chi connectivity index (χ1) is 5.70. The van der Waals surface area contributed by atoms with Gasteiger partial charge in [-0.3, -0.25) is 4.40 Å². The molecule has 62 valence electrons. The van der Waals surface area contributed by atoms with Crippen LogP contribution < -0.4 is 5.73 Å². The maximum atomic E-state index is 5.70. The number of nitrogens with two attached hydrogens (primary N) is 1. The van der Waals surface area contributed by atoms with Crippen molar-refractivity contribution in [2.75, 3.05) is 5.73 Å². The van der Waals surface area contributed by atoms with Gasteiger partial charge in [-0.25, -0.2) is 4.98 Å². The number of fused-ring (bicyclic) bond motifs is 1. The molecule has 2 N–H and O–H groups in total. The highest BCUT2D eigenvalue weighted by Gasteiger charge is 2.05. The largest absolute Gasteiger partial charge is 0.369 e. The minimum absolute atomic E-state index is 0.561. The number of aromatic nitrogens is 2. The summed E-state index contributed by atoms with van der Waals surface area (Å²) in [6.07, 6.45) is 1.93. The average molecular weight is 161 g/mol. The predicted octanol–water partition coefficient (Wildman–Crippen LogP) is 1.53. The molecular formula is C9H11N3. The van der Waals surface area contributed by atoms with E-state index in [1.807, 2.05) is 23.6 Å². The van der Waals surface area contributed by atoms with E-state index in [1.165, 1.54) is 5.56 Å². The Morgan fingerprint density at radius 1 is 1.42 bits per heavy atom. The van der Waals surface area contributed by atoms with Crippen LogP contribution in [0, 0.1) is 13.8 Å². The number of nitrogens with zero attached hydrogens (tertiary/aromatic N) is 2. The number of nitrogen functional groups attached to an aromatic ring is 1. The second-order valence-electron chi connectivity index (χ2n) is 2.97. The molecule has 2 rings (SSSR count). The number of pyridine rings is 1. The van der Waals surface area contributed by atoms with Crippen LogP contribution in [-0.4, -0.2) is 9.38 Å². The van der Waals surface area contributed by atoms with Gasteiger partial charge in [0.25, 0.3) is 0 Å². The molecule has 3 heteroatoms. The minimum atomic E-state index is 0.561. The Morgan fingerprint density at radius 2 is 2.17 bits per heavy atom. The maximum absolute atomic E-state index is 5.70. The van der Waals surface area contributed by atoms with E-state index in [0.717, 1.165) is 11.2 Å². The summed E-state index contributed by atoms with van der Waals surface area (Å²) in [6.45, 7) is 4.03. The lowest BCUT2D eigenvalue weighted by atomic mass is 10.2. The fraction of sp³-hybridized carbons (Fsp3) is 0.222. The predicted molar refractivity (Wildman–Crippen MR) is 49.1 cm³/mol. The minimum Gasteiger partial charge on any atom is -0.369 e. The summed E-state index contributed by atoms with van der Waals surface area (Å²) >= 11 is 0. The van der Waals surface area contributed by atoms with Gasteiger partial charge in [-0.1, -0.05) is 6.07 Å². The van der Waals surface area contributed by atoms with Crippen LogP contribution in [0.25, 0.3) is 5.52 Å². The van der Waals surface area contributed by atoms with Crippen molar-refractivity contribution in [1.82, 2.24) is 9.38 Å². The molecular weight excluding hydrogens is 150 g/mol. The summed E-state index contributed by atoms with van der Waals surface area (Å²) in [4.78, 5) is 4.19. The fourth-order valence-electron chi connectivity index (χ4n) is 1.55. The molecule has 2 aromatic rings. The molecule has 0 amide bonds. The van der Waals surface area contributed by atoms with E-state index in [-0.39, 0.29) is 0 Å². The summed E-state index contributed by atoms with van der Waals surface area (Å²) < 4.78 is 1.91. The number of anilines is 1. The Kier molecular flexibility index (Phi) is 1.33. The van der Waals surface area contributed by atoms with Gasteiger partial charge in [0.2, 0.25) is 5.95 Å². The van der Waals surface area contributed by atoms with Crippen molar-refractivity contribution in [3.8, 4) is 0 Å². The van der Waals surface area contributed by atoms with Crippen LogP contribution in [0.15, 0.2) is 18.3 Å². The molecule has 0 atom stereocenters. The summed E-state index contributed by atoms with van der Waals surface area (Å²) in [5, 5.41) is 0. The van der Waals surface area contributed by atoms with Crippen LogP contribution in [0.2, 0.25) is 0 Å². The third-order valence-corrected chi connectivity index (χ3v) is 2.07. The molecule has 2 aromatic heterocycles. The Hall–Kier alpha value is -1.51. The Balaban J connectivity index is 2.99. The van der Waals surface area contributed by atoms with Crippen molar-refractivity contribution in [1.29, 1.82) is 0 Å². The van der Waals surface area contributed by atoms with E-state index in [9.17, 15) is 0 Å². The lowest BCUT2D eigenvalue weighted by Crippen LogP contribution is -1.93. The lowest BCUT2D eigenvalue weighted by Gasteiger charge is -1.98. The van der Waals surface area contributed by atoms with Gasteiger partial charge in [-0.05, 0) is 25.5 Å². The summed E-state index contributed by atoms with van der Waals surface area (Å²) in [5.41, 5.74) is 9.02. The normalized spacial score (nSPS) is 10.8. The molecule has 0 radical (unpaired) electrons. The molecule has 0 spiro atoms. The zero-order valence-electron chi connectivity index (χ0n) is 7.20. The smallest absolute Gasteiger partial charge is 0.205 e. The van der Waals surface area contributed by atoms with E-state index in [1.54, 1.807) is 0 Å². The molecule has 3 nitrogen and oxygen atoms in total. The van der Waals surface area contributed by atoms with Crippen molar-refractivity contribution >= 4 is 11.5 Å². The number of hydrogen-bond donors (Lipinski definition) is 1. The molecule has 0 saturated carbocycles. The SMILES string of the molecule is Cc1cccn2c(N)nc(C)c12. The first-order valence-corrected chi connectivity index (χ1v) is 3.90. The van der Waals surface area contributed by atoms with E-state index >= 15 is 0 Å². The molecule has 0 aliphatic rings. The van der Waals surface area contributed by atoms with Crippen LogP contribution in [0.1, 0.15) is 11.3 Å². The van der Waals surface area contributed by atoms with Crippen molar-refractivity contribution in [2.45, 2.75) is 13.8 Å². The van der Waals surface area contributed by atoms with Crippen LogP contribution in [0.4, 0.5) is 5.95 Å². The van der Waals surface area contributed by atoms with Gasteiger partial charge in [0.1, 0.15) is 0 Å². The van der Waals surface area contributed by atoms with Gasteiger partial charge in [-0.2, -0.15) is 0 Å². The van der Waals surface area contributed by atoms with E-state index in [4.69, 9.17) is 5.73 Å².